The predicted octanol–water partition coefficient (Wildman–Crippen LogP) is 1.16. The lowest BCUT2D eigenvalue weighted by Gasteiger charge is -2.36. The molecule has 1 aromatic heterocycles. The number of nitrogens with zero attached hydrogens (tertiary/aromatic N) is 3. The minimum atomic E-state index is -0.901. The van der Waals surface area contributed by atoms with Gasteiger partial charge in [0.05, 0.1) is 6.61 Å². The predicted molar refractivity (Wildman–Crippen MR) is 75.6 cm³/mol. The Morgan fingerprint density at radius 3 is 3.05 bits per heavy atom. The molecular weight excluding hydrogens is 276 g/mol. The van der Waals surface area contributed by atoms with Gasteiger partial charge in [-0.15, -0.1) is 0 Å². The third-order valence-electron chi connectivity index (χ3n) is 3.64. The van der Waals surface area contributed by atoms with Crippen molar-refractivity contribution in [2.45, 2.75) is 25.8 Å². The van der Waals surface area contributed by atoms with Gasteiger partial charge in [0, 0.05) is 32.2 Å². The normalized spacial score (nSPS) is 18.4. The molecule has 0 unspecified atom stereocenters. The standard InChI is InChI=1S/C13H20N4O4/c1-3-21-12(18)10-7-11(15-14-10)16(2)9-5-4-6-17(8-9)13(19)20/h7,9H,3-6,8H2,1-2H3,(H,14,15)(H,19,20)/t9-/m0/s1. The minimum Gasteiger partial charge on any atom is -0.465 e. The van der Waals surface area contributed by atoms with E-state index in [1.165, 1.54) is 4.90 Å². The first kappa shape index (κ1) is 15.1. The van der Waals surface area contributed by atoms with Crippen molar-refractivity contribution in [1.29, 1.82) is 0 Å². The molecule has 0 saturated carbocycles. The number of nitrogens with one attached hydrogen (secondary N) is 1. The molecule has 0 spiro atoms. The third-order valence-corrected chi connectivity index (χ3v) is 3.64. The summed E-state index contributed by atoms with van der Waals surface area (Å²) >= 11 is 0. The van der Waals surface area contributed by atoms with Gasteiger partial charge < -0.3 is 19.6 Å². The molecule has 1 fully saturated rings. The zero-order valence-corrected chi connectivity index (χ0v) is 12.2. The molecule has 1 aliphatic heterocycles. The number of rotatable bonds is 4. The van der Waals surface area contributed by atoms with Crippen molar-refractivity contribution in [2.24, 2.45) is 0 Å². The average molecular weight is 296 g/mol. The molecular formula is C13H20N4O4. The van der Waals surface area contributed by atoms with Crippen LogP contribution >= 0.6 is 0 Å². The van der Waals surface area contributed by atoms with Crippen LogP contribution < -0.4 is 4.90 Å². The lowest BCUT2D eigenvalue weighted by atomic mass is 10.1. The molecule has 0 bridgehead atoms. The fourth-order valence-electron chi connectivity index (χ4n) is 2.44. The fourth-order valence-corrected chi connectivity index (χ4v) is 2.44. The molecule has 1 aromatic rings. The van der Waals surface area contributed by atoms with Crippen LogP contribution in [0.4, 0.5) is 10.6 Å². The summed E-state index contributed by atoms with van der Waals surface area (Å²) in [5.41, 5.74) is 0.296. The average Bonchev–Trinajstić information content (AvgIpc) is 2.96. The number of hydrogen-bond acceptors (Lipinski definition) is 5. The van der Waals surface area contributed by atoms with Gasteiger partial charge in [-0.25, -0.2) is 9.59 Å². The number of esters is 1. The molecule has 0 aromatic carbocycles. The number of anilines is 1. The van der Waals surface area contributed by atoms with Crippen LogP contribution in [-0.4, -0.2) is 65.1 Å². The molecule has 1 atom stereocenters. The molecule has 2 rings (SSSR count). The highest BCUT2D eigenvalue weighted by molar-refractivity contribution is 5.88. The summed E-state index contributed by atoms with van der Waals surface area (Å²) in [5.74, 6) is 0.163. The summed E-state index contributed by atoms with van der Waals surface area (Å²) in [6, 6.07) is 1.67. The number of aromatic nitrogens is 2. The highest BCUT2D eigenvalue weighted by Gasteiger charge is 2.27. The third kappa shape index (κ3) is 3.45. The van der Waals surface area contributed by atoms with Crippen molar-refractivity contribution in [3.05, 3.63) is 11.8 Å². The number of hydrogen-bond donors (Lipinski definition) is 2. The van der Waals surface area contributed by atoms with Crippen LogP contribution in [0.2, 0.25) is 0 Å². The van der Waals surface area contributed by atoms with Crippen LogP contribution in [0.3, 0.4) is 0 Å². The van der Waals surface area contributed by atoms with E-state index in [2.05, 4.69) is 10.2 Å². The Bertz CT molecular complexity index is 516. The topological polar surface area (TPSA) is 98.8 Å². The van der Waals surface area contributed by atoms with Gasteiger partial charge in [-0.05, 0) is 19.8 Å². The number of carbonyl (C=O) groups excluding carboxylic acids is 1. The number of amides is 1. The number of piperidine rings is 1. The maximum atomic E-state index is 11.6. The van der Waals surface area contributed by atoms with E-state index in [1.807, 2.05) is 11.9 Å². The number of aromatic amines is 1. The lowest BCUT2D eigenvalue weighted by Crippen LogP contribution is -2.48. The van der Waals surface area contributed by atoms with E-state index in [4.69, 9.17) is 9.84 Å². The monoisotopic (exact) mass is 296 g/mol. The molecule has 8 heteroatoms. The van der Waals surface area contributed by atoms with Gasteiger partial charge in [-0.2, -0.15) is 5.10 Å². The van der Waals surface area contributed by atoms with Crippen molar-refractivity contribution < 1.29 is 19.4 Å². The highest BCUT2D eigenvalue weighted by atomic mass is 16.5. The van der Waals surface area contributed by atoms with Crippen LogP contribution in [0, 0.1) is 0 Å². The lowest BCUT2D eigenvalue weighted by molar-refractivity contribution is 0.0519. The largest absolute Gasteiger partial charge is 0.465 e. The molecule has 2 heterocycles. The van der Waals surface area contributed by atoms with Crippen LogP contribution in [0.15, 0.2) is 6.07 Å². The SMILES string of the molecule is CCOC(=O)c1cc(N(C)[C@H]2CCCN(C(=O)O)C2)n[nH]1. The Balaban J connectivity index is 2.04. The number of likely N-dealkylation sites (tertiary alicyclic amines) is 1. The van der Waals surface area contributed by atoms with E-state index >= 15 is 0 Å². The van der Waals surface area contributed by atoms with E-state index in [9.17, 15) is 9.59 Å². The van der Waals surface area contributed by atoms with Crippen molar-refractivity contribution in [3.63, 3.8) is 0 Å². The molecule has 0 aliphatic carbocycles. The first-order valence-corrected chi connectivity index (χ1v) is 6.96. The van der Waals surface area contributed by atoms with E-state index in [0.29, 0.717) is 31.2 Å². The van der Waals surface area contributed by atoms with Gasteiger partial charge in [0.1, 0.15) is 5.69 Å². The second-order valence-corrected chi connectivity index (χ2v) is 5.00. The van der Waals surface area contributed by atoms with E-state index in [0.717, 1.165) is 12.8 Å². The number of ether oxygens (including phenoxy) is 1. The second kappa shape index (κ2) is 6.47. The van der Waals surface area contributed by atoms with Gasteiger partial charge in [-0.3, -0.25) is 5.10 Å². The van der Waals surface area contributed by atoms with Gasteiger partial charge in [0.15, 0.2) is 5.82 Å². The Hall–Kier alpha value is -2.25. The summed E-state index contributed by atoms with van der Waals surface area (Å²) in [7, 11) is 1.85. The molecule has 1 saturated heterocycles. The Morgan fingerprint density at radius 2 is 2.38 bits per heavy atom. The maximum Gasteiger partial charge on any atom is 0.407 e. The first-order valence-electron chi connectivity index (χ1n) is 6.96. The van der Waals surface area contributed by atoms with Crippen molar-refractivity contribution in [1.82, 2.24) is 15.1 Å². The summed E-state index contributed by atoms with van der Waals surface area (Å²) in [4.78, 5) is 26.0. The van der Waals surface area contributed by atoms with Crippen LogP contribution in [0.5, 0.6) is 0 Å². The van der Waals surface area contributed by atoms with Crippen LogP contribution in [0.25, 0.3) is 0 Å². The number of H-pyrrole nitrogens is 1. The smallest absolute Gasteiger partial charge is 0.407 e. The Labute approximate surface area is 122 Å². The van der Waals surface area contributed by atoms with Crippen LogP contribution in [-0.2, 0) is 4.74 Å². The summed E-state index contributed by atoms with van der Waals surface area (Å²) in [5, 5.41) is 15.8. The van der Waals surface area contributed by atoms with Crippen molar-refractivity contribution >= 4 is 17.9 Å². The van der Waals surface area contributed by atoms with Gasteiger partial charge in [-0.1, -0.05) is 0 Å². The molecule has 0 radical (unpaired) electrons. The molecule has 1 aliphatic rings. The first-order chi connectivity index (χ1) is 10.0. The molecule has 21 heavy (non-hydrogen) atoms. The van der Waals surface area contributed by atoms with E-state index in [-0.39, 0.29) is 6.04 Å². The number of likely N-dealkylation sites (N-methyl/N-ethyl adjacent to an activating group) is 1. The van der Waals surface area contributed by atoms with E-state index in [1.54, 1.807) is 13.0 Å². The summed E-state index contributed by atoms with van der Waals surface area (Å²) in [6.07, 6.45) is 0.806. The zero-order valence-electron chi connectivity index (χ0n) is 12.2. The molecule has 8 nitrogen and oxygen atoms in total. The number of carbonyl (C=O) groups is 2. The Morgan fingerprint density at radius 1 is 1.62 bits per heavy atom. The Kier molecular flexibility index (Phi) is 4.66. The molecule has 1 amide bonds. The minimum absolute atomic E-state index is 0.0493. The van der Waals surface area contributed by atoms with Gasteiger partial charge >= 0.3 is 12.1 Å². The van der Waals surface area contributed by atoms with Gasteiger partial charge in [0.2, 0.25) is 0 Å². The van der Waals surface area contributed by atoms with Crippen LogP contribution in [0.1, 0.15) is 30.3 Å². The van der Waals surface area contributed by atoms with E-state index < -0.39 is 12.1 Å². The quantitative estimate of drug-likeness (QED) is 0.809. The van der Waals surface area contributed by atoms with Crippen molar-refractivity contribution in [3.8, 4) is 0 Å². The summed E-state index contributed by atoms with van der Waals surface area (Å²) < 4.78 is 4.90. The molecule has 116 valence electrons. The van der Waals surface area contributed by atoms with Gasteiger partial charge in [0.25, 0.3) is 0 Å². The number of carboxylic acid groups (broad SMARTS) is 1. The maximum absolute atomic E-state index is 11.6. The summed E-state index contributed by atoms with van der Waals surface area (Å²) in [6.45, 7) is 3.05. The fraction of sp³-hybridized carbons (Fsp3) is 0.615. The highest BCUT2D eigenvalue weighted by Crippen LogP contribution is 2.20. The molecule has 2 N–H and O–H groups in total. The second-order valence-electron chi connectivity index (χ2n) is 5.00. The van der Waals surface area contributed by atoms with Crippen molar-refractivity contribution in [2.75, 3.05) is 31.6 Å². The zero-order chi connectivity index (χ0) is 15.4.